The first-order chi connectivity index (χ1) is 13.3. The van der Waals surface area contributed by atoms with Crippen LogP contribution in [0.15, 0.2) is 63.9 Å². The molecule has 0 fully saturated rings. The Morgan fingerprint density at radius 1 is 1.11 bits per heavy atom. The van der Waals surface area contributed by atoms with Gasteiger partial charge >= 0.3 is 5.63 Å². The van der Waals surface area contributed by atoms with E-state index in [0.717, 1.165) is 21.9 Å². The molecule has 0 unspecified atom stereocenters. The monoisotopic (exact) mass is 361 g/mol. The van der Waals surface area contributed by atoms with E-state index >= 15 is 0 Å². The van der Waals surface area contributed by atoms with E-state index in [1.807, 2.05) is 49.5 Å². The number of hydrogen-bond donors (Lipinski definition) is 1. The summed E-state index contributed by atoms with van der Waals surface area (Å²) >= 11 is 0. The molecule has 1 aliphatic rings. The third kappa shape index (κ3) is 2.54. The third-order valence-electron chi connectivity index (χ3n) is 5.17. The Kier molecular flexibility index (Phi) is 3.76. The number of rotatable bonds is 3. The highest BCUT2D eigenvalue weighted by atomic mass is 16.7. The zero-order valence-electron chi connectivity index (χ0n) is 14.9. The van der Waals surface area contributed by atoms with E-state index in [2.05, 4.69) is 11.1 Å². The van der Waals surface area contributed by atoms with Crippen LogP contribution in [0, 0.1) is 0 Å². The minimum absolute atomic E-state index is 0.165. The molecule has 0 saturated heterocycles. The first-order valence-electron chi connectivity index (χ1n) is 9.16. The van der Waals surface area contributed by atoms with Crippen molar-refractivity contribution in [3.05, 3.63) is 76.3 Å². The van der Waals surface area contributed by atoms with Crippen molar-refractivity contribution in [1.29, 1.82) is 0 Å². The van der Waals surface area contributed by atoms with Gasteiger partial charge in [-0.1, -0.05) is 30.3 Å². The third-order valence-corrected chi connectivity index (χ3v) is 5.17. The van der Waals surface area contributed by atoms with Crippen LogP contribution < -0.4 is 10.4 Å². The summed E-state index contributed by atoms with van der Waals surface area (Å²) in [5.74, 6) is 0.407. The zero-order valence-corrected chi connectivity index (χ0v) is 14.9. The van der Waals surface area contributed by atoms with Gasteiger partial charge in [0.2, 0.25) is 6.29 Å². The maximum absolute atomic E-state index is 12.9. The SMILES string of the molecule is CCO[C@@H]1C[C@H](c2c[nH]c3ccccc23)c2c(c3ccccc3oc2=O)O1. The lowest BCUT2D eigenvalue weighted by atomic mass is 9.86. The standard InChI is InChI=1S/C22H19NO4/c1-2-25-19-11-15(16-12-23-17-9-5-3-7-13(16)17)20-21(27-19)14-8-4-6-10-18(14)26-22(20)24/h3-10,12,15,19,23H,2,11H2,1H3/t15-,19+/m1/s1. The predicted molar refractivity (Wildman–Crippen MR) is 103 cm³/mol. The minimum Gasteiger partial charge on any atom is -0.464 e. The Bertz CT molecular complexity index is 1190. The van der Waals surface area contributed by atoms with Crippen molar-refractivity contribution < 1.29 is 13.9 Å². The lowest BCUT2D eigenvalue weighted by molar-refractivity contribution is -0.0889. The van der Waals surface area contributed by atoms with E-state index in [-0.39, 0.29) is 11.5 Å². The van der Waals surface area contributed by atoms with Crippen LogP contribution in [-0.4, -0.2) is 17.9 Å². The number of ether oxygens (including phenoxy) is 2. The zero-order chi connectivity index (χ0) is 18.4. The van der Waals surface area contributed by atoms with Crippen molar-refractivity contribution >= 4 is 21.9 Å². The Balaban J connectivity index is 1.78. The predicted octanol–water partition coefficient (Wildman–Crippen LogP) is 4.55. The smallest absolute Gasteiger partial charge is 0.343 e. The molecule has 0 spiro atoms. The molecule has 5 rings (SSSR count). The van der Waals surface area contributed by atoms with Crippen molar-refractivity contribution in [1.82, 2.24) is 4.98 Å². The highest BCUT2D eigenvalue weighted by Gasteiger charge is 2.35. The fraction of sp³-hybridized carbons (Fsp3) is 0.227. The maximum Gasteiger partial charge on any atom is 0.343 e. The minimum atomic E-state index is -0.411. The van der Waals surface area contributed by atoms with Crippen LogP contribution in [0.3, 0.4) is 0 Å². The van der Waals surface area contributed by atoms with Crippen LogP contribution in [0.4, 0.5) is 0 Å². The summed E-state index contributed by atoms with van der Waals surface area (Å²) in [6.07, 6.45) is 2.12. The van der Waals surface area contributed by atoms with Gasteiger partial charge in [-0.05, 0) is 30.7 Å². The summed E-state index contributed by atoms with van der Waals surface area (Å²) in [4.78, 5) is 16.2. The van der Waals surface area contributed by atoms with E-state index in [0.29, 0.717) is 29.9 Å². The molecule has 3 heterocycles. The molecule has 5 heteroatoms. The van der Waals surface area contributed by atoms with Crippen molar-refractivity contribution in [3.8, 4) is 5.75 Å². The van der Waals surface area contributed by atoms with Crippen LogP contribution in [0.25, 0.3) is 21.9 Å². The molecular weight excluding hydrogens is 342 g/mol. The van der Waals surface area contributed by atoms with Crippen molar-refractivity contribution in [2.75, 3.05) is 6.61 Å². The van der Waals surface area contributed by atoms with E-state index in [9.17, 15) is 4.79 Å². The summed E-state index contributed by atoms with van der Waals surface area (Å²) in [7, 11) is 0. The Morgan fingerprint density at radius 3 is 2.74 bits per heavy atom. The number of aromatic nitrogens is 1. The molecule has 0 amide bonds. The number of benzene rings is 2. The van der Waals surface area contributed by atoms with Crippen LogP contribution >= 0.6 is 0 Å². The number of hydrogen-bond acceptors (Lipinski definition) is 4. The van der Waals surface area contributed by atoms with Crippen LogP contribution in [0.5, 0.6) is 5.75 Å². The largest absolute Gasteiger partial charge is 0.464 e. The van der Waals surface area contributed by atoms with E-state index in [1.165, 1.54) is 0 Å². The fourth-order valence-electron chi connectivity index (χ4n) is 4.01. The number of fused-ring (bicyclic) bond motifs is 4. The first kappa shape index (κ1) is 16.1. The maximum atomic E-state index is 12.9. The molecule has 4 aromatic rings. The molecule has 0 radical (unpaired) electrons. The summed E-state index contributed by atoms with van der Waals surface area (Å²) in [5, 5.41) is 1.89. The molecule has 2 atom stereocenters. The van der Waals surface area contributed by atoms with Gasteiger partial charge in [-0.2, -0.15) is 0 Å². The second kappa shape index (κ2) is 6.28. The Hall–Kier alpha value is -3.05. The van der Waals surface area contributed by atoms with Crippen molar-refractivity contribution in [2.45, 2.75) is 25.6 Å². The van der Waals surface area contributed by atoms with E-state index in [4.69, 9.17) is 13.9 Å². The number of para-hydroxylation sites is 2. The number of aromatic amines is 1. The molecule has 27 heavy (non-hydrogen) atoms. The van der Waals surface area contributed by atoms with Crippen LogP contribution in [0.1, 0.15) is 30.4 Å². The quantitative estimate of drug-likeness (QED) is 0.544. The molecular formula is C22H19NO4. The Morgan fingerprint density at radius 2 is 1.89 bits per heavy atom. The number of nitrogens with one attached hydrogen (secondary N) is 1. The molecule has 1 aliphatic heterocycles. The van der Waals surface area contributed by atoms with E-state index in [1.54, 1.807) is 6.07 Å². The summed E-state index contributed by atoms with van der Waals surface area (Å²) in [6, 6.07) is 15.5. The van der Waals surface area contributed by atoms with Gasteiger partial charge in [-0.25, -0.2) is 4.79 Å². The van der Waals surface area contributed by atoms with Crippen LogP contribution in [0.2, 0.25) is 0 Å². The van der Waals surface area contributed by atoms with Gasteiger partial charge < -0.3 is 18.9 Å². The molecule has 1 N–H and O–H groups in total. The van der Waals surface area contributed by atoms with Crippen molar-refractivity contribution in [2.24, 2.45) is 0 Å². The average molecular weight is 361 g/mol. The van der Waals surface area contributed by atoms with Gasteiger partial charge in [-0.15, -0.1) is 0 Å². The highest BCUT2D eigenvalue weighted by Crippen LogP contribution is 2.44. The fourth-order valence-corrected chi connectivity index (χ4v) is 4.01. The normalized spacial score (nSPS) is 19.1. The molecule has 2 aromatic carbocycles. The van der Waals surface area contributed by atoms with Gasteiger partial charge in [0.15, 0.2) is 0 Å². The second-order valence-corrected chi connectivity index (χ2v) is 6.71. The molecule has 0 bridgehead atoms. The molecule has 2 aromatic heterocycles. The van der Waals surface area contributed by atoms with Crippen LogP contribution in [-0.2, 0) is 4.74 Å². The second-order valence-electron chi connectivity index (χ2n) is 6.71. The van der Waals surface area contributed by atoms with Gasteiger partial charge in [0, 0.05) is 36.0 Å². The average Bonchev–Trinajstić information content (AvgIpc) is 3.12. The summed E-state index contributed by atoms with van der Waals surface area (Å²) in [5.41, 5.74) is 2.83. The lowest BCUT2D eigenvalue weighted by Gasteiger charge is -2.31. The summed E-state index contributed by atoms with van der Waals surface area (Å²) in [6.45, 7) is 2.48. The van der Waals surface area contributed by atoms with Gasteiger partial charge in [0.1, 0.15) is 11.3 Å². The van der Waals surface area contributed by atoms with Gasteiger partial charge in [0.05, 0.1) is 10.9 Å². The van der Waals surface area contributed by atoms with Gasteiger partial charge in [-0.3, -0.25) is 0 Å². The molecule has 5 nitrogen and oxygen atoms in total. The highest BCUT2D eigenvalue weighted by molar-refractivity contribution is 5.87. The topological polar surface area (TPSA) is 64.5 Å². The molecule has 136 valence electrons. The molecule has 0 aliphatic carbocycles. The van der Waals surface area contributed by atoms with Crippen molar-refractivity contribution in [3.63, 3.8) is 0 Å². The lowest BCUT2D eigenvalue weighted by Crippen LogP contribution is -2.32. The number of H-pyrrole nitrogens is 1. The first-order valence-corrected chi connectivity index (χ1v) is 9.16. The molecule has 0 saturated carbocycles. The van der Waals surface area contributed by atoms with Gasteiger partial charge in [0.25, 0.3) is 0 Å². The Labute approximate surface area is 155 Å². The van der Waals surface area contributed by atoms with E-state index < -0.39 is 6.29 Å². The summed E-state index contributed by atoms with van der Waals surface area (Å²) < 4.78 is 17.5.